The molecule has 0 saturated carbocycles. The highest BCUT2D eigenvalue weighted by atomic mass is 32.2. The van der Waals surface area contributed by atoms with E-state index in [4.69, 9.17) is 15.2 Å². The summed E-state index contributed by atoms with van der Waals surface area (Å²) in [5, 5.41) is 0. The molecule has 0 saturated heterocycles. The van der Waals surface area contributed by atoms with E-state index in [2.05, 4.69) is 0 Å². The second-order valence-corrected chi connectivity index (χ2v) is 6.24. The maximum absolute atomic E-state index is 11.4. The van der Waals surface area contributed by atoms with Crippen LogP contribution in [-0.4, -0.2) is 21.8 Å². The number of para-hydroxylation sites is 2. The summed E-state index contributed by atoms with van der Waals surface area (Å²) in [6.45, 7) is 0. The molecule has 0 atom stereocenters. The van der Waals surface area contributed by atoms with Crippen LogP contribution in [0.3, 0.4) is 0 Å². The van der Waals surface area contributed by atoms with Gasteiger partial charge in [0.2, 0.25) is 0 Å². The first-order valence-electron chi connectivity index (χ1n) is 5.82. The molecule has 0 fully saturated rings. The summed E-state index contributed by atoms with van der Waals surface area (Å²) in [4.78, 5) is 0.155. The molecule has 5 nitrogen and oxygen atoms in total. The van der Waals surface area contributed by atoms with Gasteiger partial charge in [0.15, 0.2) is 27.1 Å². The van der Waals surface area contributed by atoms with E-state index >= 15 is 0 Å². The van der Waals surface area contributed by atoms with Gasteiger partial charge in [0.25, 0.3) is 0 Å². The number of hydrogen-bond donors (Lipinski definition) is 1. The predicted octanol–water partition coefficient (Wildman–Crippen LogP) is 2.47. The smallest absolute Gasteiger partial charge is 0.175 e. The van der Waals surface area contributed by atoms with Crippen LogP contribution in [0.15, 0.2) is 47.4 Å². The number of methoxy groups -OCH3 is 1. The molecule has 0 radical (unpaired) electrons. The van der Waals surface area contributed by atoms with E-state index in [9.17, 15) is 8.42 Å². The van der Waals surface area contributed by atoms with Crippen LogP contribution in [0.5, 0.6) is 17.2 Å². The molecule has 0 aromatic heterocycles. The van der Waals surface area contributed by atoms with Crippen molar-refractivity contribution in [1.82, 2.24) is 0 Å². The van der Waals surface area contributed by atoms with Crippen molar-refractivity contribution in [3.63, 3.8) is 0 Å². The summed E-state index contributed by atoms with van der Waals surface area (Å²) >= 11 is 0. The second-order valence-electron chi connectivity index (χ2n) is 4.22. The molecule has 0 spiro atoms. The van der Waals surface area contributed by atoms with Crippen LogP contribution in [0, 0.1) is 0 Å². The zero-order chi connectivity index (χ0) is 14.8. The normalized spacial score (nSPS) is 11.1. The lowest BCUT2D eigenvalue weighted by Gasteiger charge is -2.12. The van der Waals surface area contributed by atoms with Gasteiger partial charge in [-0.25, -0.2) is 8.42 Å². The van der Waals surface area contributed by atoms with E-state index in [-0.39, 0.29) is 10.6 Å². The Morgan fingerprint density at radius 1 is 1.00 bits per heavy atom. The number of rotatable bonds is 4. The average molecular weight is 293 g/mol. The molecular weight excluding hydrogens is 278 g/mol. The van der Waals surface area contributed by atoms with Gasteiger partial charge >= 0.3 is 0 Å². The van der Waals surface area contributed by atoms with Crippen LogP contribution in [0.1, 0.15) is 0 Å². The third-order valence-electron chi connectivity index (χ3n) is 2.70. The van der Waals surface area contributed by atoms with Gasteiger partial charge in [-0.3, -0.25) is 0 Å². The van der Waals surface area contributed by atoms with E-state index in [0.29, 0.717) is 17.2 Å². The molecule has 0 aliphatic carbocycles. The summed E-state index contributed by atoms with van der Waals surface area (Å²) in [5.41, 5.74) is 6.08. The van der Waals surface area contributed by atoms with Crippen LogP contribution >= 0.6 is 0 Å². The van der Waals surface area contributed by atoms with E-state index in [1.807, 2.05) is 6.07 Å². The first-order chi connectivity index (χ1) is 9.41. The summed E-state index contributed by atoms with van der Waals surface area (Å²) in [7, 11) is -1.75. The van der Waals surface area contributed by atoms with Crippen molar-refractivity contribution >= 4 is 15.5 Å². The van der Waals surface area contributed by atoms with Gasteiger partial charge in [0.1, 0.15) is 0 Å². The molecule has 0 unspecified atom stereocenters. The molecule has 2 N–H and O–H groups in total. The summed E-state index contributed by atoms with van der Waals surface area (Å²) < 4.78 is 33.7. The highest BCUT2D eigenvalue weighted by molar-refractivity contribution is 7.90. The van der Waals surface area contributed by atoms with Gasteiger partial charge in [-0.2, -0.15) is 0 Å². The number of benzene rings is 2. The predicted molar refractivity (Wildman–Crippen MR) is 77.0 cm³/mol. The van der Waals surface area contributed by atoms with Crippen LogP contribution < -0.4 is 15.2 Å². The number of ether oxygens (including phenoxy) is 2. The van der Waals surface area contributed by atoms with Crippen molar-refractivity contribution in [3.05, 3.63) is 42.5 Å². The first kappa shape index (κ1) is 14.2. The van der Waals surface area contributed by atoms with Gasteiger partial charge in [-0.1, -0.05) is 12.1 Å². The van der Waals surface area contributed by atoms with Crippen molar-refractivity contribution < 1.29 is 17.9 Å². The van der Waals surface area contributed by atoms with Crippen molar-refractivity contribution in [2.75, 3.05) is 19.1 Å². The van der Waals surface area contributed by atoms with Crippen molar-refractivity contribution in [2.24, 2.45) is 0 Å². The van der Waals surface area contributed by atoms with Crippen LogP contribution in [0.4, 0.5) is 5.69 Å². The number of hydrogen-bond acceptors (Lipinski definition) is 5. The highest BCUT2D eigenvalue weighted by Gasteiger charge is 2.12. The van der Waals surface area contributed by atoms with Gasteiger partial charge in [0, 0.05) is 6.26 Å². The van der Waals surface area contributed by atoms with Gasteiger partial charge < -0.3 is 15.2 Å². The zero-order valence-corrected chi connectivity index (χ0v) is 12.0. The fraction of sp³-hybridized carbons (Fsp3) is 0.143. The Hall–Kier alpha value is -2.21. The summed E-state index contributed by atoms with van der Waals surface area (Å²) in [6.07, 6.45) is 1.13. The van der Waals surface area contributed by atoms with Crippen LogP contribution in [0.2, 0.25) is 0 Å². The maximum Gasteiger partial charge on any atom is 0.175 e. The molecule has 0 heterocycles. The van der Waals surface area contributed by atoms with E-state index in [1.165, 1.54) is 25.3 Å². The maximum atomic E-state index is 11.4. The number of sulfone groups is 1. The van der Waals surface area contributed by atoms with E-state index < -0.39 is 9.84 Å². The molecule has 0 aliphatic rings. The van der Waals surface area contributed by atoms with E-state index in [0.717, 1.165) is 6.26 Å². The number of nitrogen functional groups attached to an aromatic ring is 1. The molecule has 0 amide bonds. The van der Waals surface area contributed by atoms with Crippen LogP contribution in [0.25, 0.3) is 0 Å². The highest BCUT2D eigenvalue weighted by Crippen LogP contribution is 2.34. The molecule has 2 aromatic rings. The third kappa shape index (κ3) is 3.03. The van der Waals surface area contributed by atoms with Crippen LogP contribution in [-0.2, 0) is 9.84 Å². The molecule has 0 aliphatic heterocycles. The Morgan fingerprint density at radius 3 is 2.20 bits per heavy atom. The SMILES string of the molecule is COc1ccccc1Oc1ccc(S(C)(=O)=O)cc1N. The lowest BCUT2D eigenvalue weighted by Crippen LogP contribution is -2.00. The minimum absolute atomic E-state index is 0.155. The Balaban J connectivity index is 2.35. The lowest BCUT2D eigenvalue weighted by atomic mass is 10.3. The largest absolute Gasteiger partial charge is 0.493 e. The topological polar surface area (TPSA) is 78.6 Å². The van der Waals surface area contributed by atoms with Gasteiger partial charge in [0.05, 0.1) is 17.7 Å². The van der Waals surface area contributed by atoms with Gasteiger partial charge in [-0.15, -0.1) is 0 Å². The molecule has 106 valence electrons. The average Bonchev–Trinajstić information content (AvgIpc) is 2.40. The lowest BCUT2D eigenvalue weighted by molar-refractivity contribution is 0.379. The molecule has 20 heavy (non-hydrogen) atoms. The van der Waals surface area contributed by atoms with E-state index in [1.54, 1.807) is 18.2 Å². The van der Waals surface area contributed by atoms with Crippen molar-refractivity contribution in [1.29, 1.82) is 0 Å². The standard InChI is InChI=1S/C14H15NO4S/c1-18-13-5-3-4-6-14(13)19-12-8-7-10(9-11(12)15)20(2,16)17/h3-9H,15H2,1-2H3. The monoisotopic (exact) mass is 293 g/mol. The minimum atomic E-state index is -3.29. The fourth-order valence-corrected chi connectivity index (χ4v) is 2.33. The quantitative estimate of drug-likeness (QED) is 0.876. The Labute approximate surface area is 117 Å². The Bertz CT molecular complexity index is 726. The van der Waals surface area contributed by atoms with Gasteiger partial charge in [-0.05, 0) is 30.3 Å². The number of anilines is 1. The van der Waals surface area contributed by atoms with Crippen molar-refractivity contribution in [2.45, 2.75) is 4.90 Å². The fourth-order valence-electron chi connectivity index (χ4n) is 1.67. The first-order valence-corrected chi connectivity index (χ1v) is 7.71. The molecule has 0 bridgehead atoms. The third-order valence-corrected chi connectivity index (χ3v) is 3.81. The summed E-state index contributed by atoms with van der Waals surface area (Å²) in [5.74, 6) is 1.45. The Kier molecular flexibility index (Phi) is 3.85. The second kappa shape index (κ2) is 5.42. The molecule has 6 heteroatoms. The molecule has 2 aromatic carbocycles. The summed E-state index contributed by atoms with van der Waals surface area (Å²) in [6, 6.07) is 11.5. The van der Waals surface area contributed by atoms with Crippen molar-refractivity contribution in [3.8, 4) is 17.2 Å². The zero-order valence-electron chi connectivity index (χ0n) is 11.2. The minimum Gasteiger partial charge on any atom is -0.493 e. The molecular formula is C14H15NO4S. The number of nitrogens with two attached hydrogens (primary N) is 1. The Morgan fingerprint density at radius 2 is 1.65 bits per heavy atom. The molecule has 2 rings (SSSR count).